The third-order valence-corrected chi connectivity index (χ3v) is 3.18. The van der Waals surface area contributed by atoms with Crippen molar-refractivity contribution < 1.29 is 14.3 Å². The van der Waals surface area contributed by atoms with Crippen LogP contribution in [0.15, 0.2) is 53.6 Å². The van der Waals surface area contributed by atoms with Gasteiger partial charge in [0, 0.05) is 5.69 Å². The number of nitrogens with two attached hydrogens (primary N) is 1. The molecule has 7 nitrogen and oxygen atoms in total. The molecule has 1 amide bonds. The molecule has 26 heavy (non-hydrogen) atoms. The zero-order valence-corrected chi connectivity index (χ0v) is 15.1. The van der Waals surface area contributed by atoms with Crippen molar-refractivity contribution in [3.8, 4) is 11.5 Å². The van der Waals surface area contributed by atoms with Crippen LogP contribution in [0, 0.1) is 0 Å². The number of carbonyl (C=O) groups is 1. The normalized spacial score (nSPS) is 10.3. The second kappa shape index (κ2) is 10.00. The summed E-state index contributed by atoms with van der Waals surface area (Å²) < 4.78 is 10.8. The van der Waals surface area contributed by atoms with Crippen molar-refractivity contribution in [1.29, 1.82) is 0 Å². The Hall–Kier alpha value is -3.13. The number of ether oxygens (including phenoxy) is 2. The number of hydrogen-bond acceptors (Lipinski definition) is 5. The van der Waals surface area contributed by atoms with Crippen LogP contribution in [-0.2, 0) is 4.79 Å². The second-order valence-electron chi connectivity index (χ2n) is 5.10. The molecule has 0 aliphatic carbocycles. The molecule has 0 radical (unpaired) electrons. The van der Waals surface area contributed by atoms with E-state index in [4.69, 9.17) is 15.2 Å². The Morgan fingerprint density at radius 1 is 1.12 bits per heavy atom. The molecule has 0 heterocycles. The Bertz CT molecular complexity index is 761. The summed E-state index contributed by atoms with van der Waals surface area (Å²) in [5.41, 5.74) is 9.25. The molecule has 8 heteroatoms. The third-order valence-electron chi connectivity index (χ3n) is 3.09. The predicted octanol–water partition coefficient (Wildman–Crippen LogP) is 2.27. The van der Waals surface area contributed by atoms with Crippen LogP contribution in [0.5, 0.6) is 11.5 Å². The molecule has 4 N–H and O–H groups in total. The van der Waals surface area contributed by atoms with Gasteiger partial charge in [-0.05, 0) is 73.2 Å². The van der Waals surface area contributed by atoms with Crippen LogP contribution in [-0.4, -0.2) is 30.4 Å². The fraction of sp³-hybridized carbons (Fsp3) is 0.167. The molecule has 2 aromatic carbocycles. The summed E-state index contributed by atoms with van der Waals surface area (Å²) >= 11 is 4.64. The van der Waals surface area contributed by atoms with E-state index in [1.54, 1.807) is 54.7 Å². The van der Waals surface area contributed by atoms with Crippen molar-refractivity contribution in [2.45, 2.75) is 6.92 Å². The molecular weight excluding hydrogens is 352 g/mol. The zero-order chi connectivity index (χ0) is 18.8. The highest BCUT2D eigenvalue weighted by Gasteiger charge is 2.04. The van der Waals surface area contributed by atoms with Gasteiger partial charge in [0.05, 0.1) is 12.8 Å². The summed E-state index contributed by atoms with van der Waals surface area (Å²) in [5.74, 6) is 1.08. The average molecular weight is 372 g/mol. The molecular formula is C18H20N4O3S. The van der Waals surface area contributed by atoms with E-state index in [2.05, 4.69) is 28.1 Å². The molecule has 2 aromatic rings. The van der Waals surface area contributed by atoms with Gasteiger partial charge < -0.3 is 20.5 Å². The number of amides is 1. The highest BCUT2D eigenvalue weighted by molar-refractivity contribution is 7.80. The third kappa shape index (κ3) is 6.78. The largest absolute Gasteiger partial charge is 0.494 e. The average Bonchev–Trinajstić information content (AvgIpc) is 2.63. The molecule has 0 saturated carbocycles. The molecule has 0 saturated heterocycles. The highest BCUT2D eigenvalue weighted by Crippen LogP contribution is 2.16. The minimum absolute atomic E-state index is 0.0936. The number of carbonyl (C=O) groups excluding carboxylic acids is 1. The zero-order valence-electron chi connectivity index (χ0n) is 14.3. The minimum atomic E-state index is -0.250. The van der Waals surface area contributed by atoms with Gasteiger partial charge in [-0.2, -0.15) is 5.10 Å². The van der Waals surface area contributed by atoms with Crippen LogP contribution >= 0.6 is 12.2 Å². The topological polar surface area (TPSA) is 98.0 Å². The van der Waals surface area contributed by atoms with Gasteiger partial charge in [0.1, 0.15) is 11.5 Å². The summed E-state index contributed by atoms with van der Waals surface area (Å²) in [4.78, 5) is 11.9. The SMILES string of the molecule is CCOc1ccc(NC(=O)COc2ccc(/C=N\NC(N)=S)cc2)cc1. The van der Waals surface area contributed by atoms with E-state index < -0.39 is 0 Å². The first-order valence-electron chi connectivity index (χ1n) is 7.91. The lowest BCUT2D eigenvalue weighted by atomic mass is 10.2. The van der Waals surface area contributed by atoms with Crippen molar-refractivity contribution in [2.75, 3.05) is 18.5 Å². The number of nitrogens with zero attached hydrogens (tertiary/aromatic N) is 1. The summed E-state index contributed by atoms with van der Waals surface area (Å²) in [6.07, 6.45) is 1.57. The van der Waals surface area contributed by atoms with Gasteiger partial charge in [0.25, 0.3) is 5.91 Å². The van der Waals surface area contributed by atoms with Crippen LogP contribution in [0.3, 0.4) is 0 Å². The molecule has 0 spiro atoms. The van der Waals surface area contributed by atoms with Gasteiger partial charge in [0.2, 0.25) is 0 Å². The van der Waals surface area contributed by atoms with Gasteiger partial charge in [-0.1, -0.05) is 0 Å². The number of benzene rings is 2. The van der Waals surface area contributed by atoms with Crippen molar-refractivity contribution in [3.63, 3.8) is 0 Å². The van der Waals surface area contributed by atoms with Crippen molar-refractivity contribution in [1.82, 2.24) is 5.43 Å². The molecule has 0 bridgehead atoms. The van der Waals surface area contributed by atoms with Crippen molar-refractivity contribution in [2.24, 2.45) is 10.8 Å². The molecule has 0 unspecified atom stereocenters. The summed E-state index contributed by atoms with van der Waals surface area (Å²) in [6, 6.07) is 14.2. The Kier molecular flexibility index (Phi) is 7.38. The van der Waals surface area contributed by atoms with Crippen LogP contribution in [0.1, 0.15) is 12.5 Å². The quantitative estimate of drug-likeness (QED) is 0.374. The maximum absolute atomic E-state index is 11.9. The molecule has 0 atom stereocenters. The lowest BCUT2D eigenvalue weighted by Crippen LogP contribution is -2.23. The summed E-state index contributed by atoms with van der Waals surface area (Å²) in [6.45, 7) is 2.42. The van der Waals surface area contributed by atoms with E-state index in [0.29, 0.717) is 18.0 Å². The Morgan fingerprint density at radius 3 is 2.35 bits per heavy atom. The van der Waals surface area contributed by atoms with Crippen LogP contribution in [0.4, 0.5) is 5.69 Å². The smallest absolute Gasteiger partial charge is 0.262 e. The van der Waals surface area contributed by atoms with Gasteiger partial charge >= 0.3 is 0 Å². The molecule has 0 fully saturated rings. The fourth-order valence-corrected chi connectivity index (χ4v) is 2.02. The van der Waals surface area contributed by atoms with Gasteiger partial charge in [-0.3, -0.25) is 10.2 Å². The predicted molar refractivity (Wildman–Crippen MR) is 106 cm³/mol. The number of rotatable bonds is 8. The van der Waals surface area contributed by atoms with Crippen LogP contribution in [0.25, 0.3) is 0 Å². The Labute approximate surface area is 157 Å². The van der Waals surface area contributed by atoms with E-state index >= 15 is 0 Å². The first-order valence-corrected chi connectivity index (χ1v) is 8.31. The highest BCUT2D eigenvalue weighted by atomic mass is 32.1. The van der Waals surface area contributed by atoms with Gasteiger partial charge in [-0.15, -0.1) is 0 Å². The molecule has 0 aliphatic rings. The standard InChI is InChI=1S/C18H20N4O3S/c1-2-24-15-9-5-14(6-10-15)21-17(23)12-25-16-7-3-13(4-8-16)11-20-22-18(19)26/h3-11H,2,12H2,1H3,(H,21,23)(H3,19,22,26)/b20-11-. The van der Waals surface area contributed by atoms with E-state index in [0.717, 1.165) is 11.3 Å². The van der Waals surface area contributed by atoms with Crippen molar-refractivity contribution in [3.05, 3.63) is 54.1 Å². The van der Waals surface area contributed by atoms with E-state index in [-0.39, 0.29) is 17.6 Å². The molecule has 136 valence electrons. The fourth-order valence-electron chi connectivity index (χ4n) is 1.97. The summed E-state index contributed by atoms with van der Waals surface area (Å²) in [5, 5.41) is 6.71. The van der Waals surface area contributed by atoms with Crippen LogP contribution < -0.4 is 25.9 Å². The maximum Gasteiger partial charge on any atom is 0.262 e. The molecule has 2 rings (SSSR count). The van der Waals surface area contributed by atoms with Crippen LogP contribution in [0.2, 0.25) is 0 Å². The van der Waals surface area contributed by atoms with E-state index in [1.807, 2.05) is 6.92 Å². The lowest BCUT2D eigenvalue weighted by Gasteiger charge is -2.08. The second-order valence-corrected chi connectivity index (χ2v) is 5.54. The number of nitrogens with one attached hydrogen (secondary N) is 2. The number of hydrogen-bond donors (Lipinski definition) is 3. The molecule has 0 aromatic heterocycles. The Morgan fingerprint density at radius 2 is 1.73 bits per heavy atom. The van der Waals surface area contributed by atoms with E-state index in [1.165, 1.54) is 0 Å². The summed E-state index contributed by atoms with van der Waals surface area (Å²) in [7, 11) is 0. The first kappa shape index (κ1) is 19.2. The minimum Gasteiger partial charge on any atom is -0.494 e. The Balaban J connectivity index is 1.79. The number of hydrazone groups is 1. The van der Waals surface area contributed by atoms with Gasteiger partial charge in [0.15, 0.2) is 11.7 Å². The monoisotopic (exact) mass is 372 g/mol. The maximum atomic E-state index is 11.9. The number of thiocarbonyl (C=S) groups is 1. The van der Waals surface area contributed by atoms with Gasteiger partial charge in [-0.25, -0.2) is 0 Å². The molecule has 0 aliphatic heterocycles. The number of anilines is 1. The van der Waals surface area contributed by atoms with E-state index in [9.17, 15) is 4.79 Å². The lowest BCUT2D eigenvalue weighted by molar-refractivity contribution is -0.118. The van der Waals surface area contributed by atoms with Crippen molar-refractivity contribution >= 4 is 35.1 Å². The first-order chi connectivity index (χ1) is 12.6.